The molecule has 0 radical (unpaired) electrons. The average Bonchev–Trinajstić information content (AvgIpc) is 3.47. The number of amides is 1. The second-order valence-corrected chi connectivity index (χ2v) is 8.11. The first kappa shape index (κ1) is 22.4. The first-order valence-corrected chi connectivity index (χ1v) is 10.8. The summed E-state index contributed by atoms with van der Waals surface area (Å²) in [4.78, 5) is 24.1. The number of nitrogens with zero attached hydrogens (tertiary/aromatic N) is 3. The Kier molecular flexibility index (Phi) is 5.60. The Morgan fingerprint density at radius 2 is 1.77 bits per heavy atom. The van der Waals surface area contributed by atoms with Crippen molar-refractivity contribution >= 4 is 16.9 Å². The number of imidazole rings is 2. The summed E-state index contributed by atoms with van der Waals surface area (Å²) in [6.45, 7) is 0.327. The molecule has 0 unspecified atom stereocenters. The lowest BCUT2D eigenvalue weighted by atomic mass is 10.0. The van der Waals surface area contributed by atoms with Crippen LogP contribution in [-0.4, -0.2) is 25.4 Å². The van der Waals surface area contributed by atoms with Gasteiger partial charge in [-0.1, -0.05) is 30.3 Å². The molecule has 0 aliphatic rings. The number of carbonyl (C=O) groups excluding carboxylic acids is 1. The van der Waals surface area contributed by atoms with Gasteiger partial charge in [0.15, 0.2) is 0 Å². The number of hydrogen-bond donors (Lipinski definition) is 2. The van der Waals surface area contributed by atoms with Crippen LogP contribution in [0.2, 0.25) is 0 Å². The molecule has 2 aromatic heterocycles. The Morgan fingerprint density at radius 1 is 1.00 bits per heavy atom. The van der Waals surface area contributed by atoms with Crippen LogP contribution in [-0.2, 0) is 19.8 Å². The van der Waals surface area contributed by atoms with Gasteiger partial charge in [-0.05, 0) is 47.5 Å². The maximum absolute atomic E-state index is 13.0. The van der Waals surface area contributed by atoms with Crippen LogP contribution in [0.25, 0.3) is 33.5 Å². The third-order valence-corrected chi connectivity index (χ3v) is 5.75. The number of fused-ring (bicyclic) bond motifs is 1. The van der Waals surface area contributed by atoms with Crippen LogP contribution in [0.1, 0.15) is 21.7 Å². The molecule has 0 bridgehead atoms. The summed E-state index contributed by atoms with van der Waals surface area (Å²) in [7, 11) is 1.86. The second-order valence-electron chi connectivity index (χ2n) is 8.11. The molecule has 5 aromatic rings. The topological polar surface area (TPSA) is 75.6 Å². The average molecular weight is 475 g/mol. The lowest BCUT2D eigenvalue weighted by molar-refractivity contribution is -0.137. The number of nitrogens with one attached hydrogen (secondary N) is 2. The normalized spacial score (nSPS) is 11.7. The molecule has 0 saturated heterocycles. The highest BCUT2D eigenvalue weighted by Gasteiger charge is 2.30. The lowest BCUT2D eigenvalue weighted by Crippen LogP contribution is -2.24. The highest BCUT2D eigenvalue weighted by atomic mass is 19.4. The summed E-state index contributed by atoms with van der Waals surface area (Å²) in [6, 6.07) is 18.2. The molecule has 0 saturated carbocycles. The molecular weight excluding hydrogens is 455 g/mol. The van der Waals surface area contributed by atoms with Gasteiger partial charge in [0.25, 0.3) is 5.91 Å². The van der Waals surface area contributed by atoms with Crippen molar-refractivity contribution in [3.63, 3.8) is 0 Å². The van der Waals surface area contributed by atoms with Gasteiger partial charge in [-0.3, -0.25) is 4.79 Å². The Bertz CT molecular complexity index is 1520. The SMILES string of the molecule is Cn1ccnc1CNC(=O)c1ccc(-c2cccc(-c3nc4ccc(C(F)(F)F)cc4[nH]3)c2)cc1. The molecule has 1 amide bonds. The monoisotopic (exact) mass is 475 g/mol. The highest BCUT2D eigenvalue weighted by Crippen LogP contribution is 2.32. The summed E-state index contributed by atoms with van der Waals surface area (Å²) < 4.78 is 40.9. The lowest BCUT2D eigenvalue weighted by Gasteiger charge is -2.07. The minimum Gasteiger partial charge on any atom is -0.345 e. The molecule has 9 heteroatoms. The maximum atomic E-state index is 13.0. The summed E-state index contributed by atoms with van der Waals surface area (Å²) in [6.07, 6.45) is -0.925. The number of carbonyl (C=O) groups is 1. The largest absolute Gasteiger partial charge is 0.416 e. The Balaban J connectivity index is 1.35. The smallest absolute Gasteiger partial charge is 0.345 e. The number of hydrogen-bond acceptors (Lipinski definition) is 3. The van der Waals surface area contributed by atoms with E-state index >= 15 is 0 Å². The van der Waals surface area contributed by atoms with Crippen LogP contribution < -0.4 is 5.32 Å². The predicted octanol–water partition coefficient (Wildman–Crippen LogP) is 5.58. The van der Waals surface area contributed by atoms with Gasteiger partial charge in [-0.15, -0.1) is 0 Å². The number of aromatic nitrogens is 4. The molecular formula is C26H20F3N5O. The third-order valence-electron chi connectivity index (χ3n) is 5.75. The van der Waals surface area contributed by atoms with Crippen LogP contribution in [0.4, 0.5) is 13.2 Å². The molecule has 176 valence electrons. The van der Waals surface area contributed by atoms with Gasteiger partial charge < -0.3 is 14.9 Å². The van der Waals surface area contributed by atoms with Gasteiger partial charge in [0.05, 0.1) is 23.1 Å². The molecule has 0 atom stereocenters. The fraction of sp³-hybridized carbons (Fsp3) is 0.115. The van der Waals surface area contributed by atoms with E-state index in [1.165, 1.54) is 6.07 Å². The molecule has 0 fully saturated rings. The molecule has 3 aromatic carbocycles. The minimum absolute atomic E-state index is 0.200. The van der Waals surface area contributed by atoms with Crippen LogP contribution in [0.5, 0.6) is 0 Å². The van der Waals surface area contributed by atoms with Crippen LogP contribution >= 0.6 is 0 Å². The number of halogens is 3. The van der Waals surface area contributed by atoms with E-state index in [1.54, 1.807) is 18.3 Å². The molecule has 0 aliphatic heterocycles. The van der Waals surface area contributed by atoms with E-state index in [1.807, 2.05) is 54.2 Å². The van der Waals surface area contributed by atoms with Crippen LogP contribution in [0, 0.1) is 0 Å². The number of aromatic amines is 1. The van der Waals surface area contributed by atoms with Crippen LogP contribution in [0.3, 0.4) is 0 Å². The summed E-state index contributed by atoms with van der Waals surface area (Å²) in [5.74, 6) is 1.03. The summed E-state index contributed by atoms with van der Waals surface area (Å²) in [5.41, 5.74) is 3.10. The van der Waals surface area contributed by atoms with E-state index in [0.717, 1.165) is 34.6 Å². The van der Waals surface area contributed by atoms with Crippen molar-refractivity contribution in [2.45, 2.75) is 12.7 Å². The van der Waals surface area contributed by atoms with E-state index in [0.29, 0.717) is 29.0 Å². The zero-order chi connectivity index (χ0) is 24.6. The van der Waals surface area contributed by atoms with E-state index < -0.39 is 11.7 Å². The molecule has 6 nitrogen and oxygen atoms in total. The fourth-order valence-corrected chi connectivity index (χ4v) is 3.81. The van der Waals surface area contributed by atoms with E-state index in [9.17, 15) is 18.0 Å². The van der Waals surface area contributed by atoms with Gasteiger partial charge in [-0.25, -0.2) is 9.97 Å². The van der Waals surface area contributed by atoms with Crippen molar-refractivity contribution in [2.24, 2.45) is 7.05 Å². The van der Waals surface area contributed by atoms with Gasteiger partial charge in [0, 0.05) is 30.6 Å². The molecule has 2 N–H and O–H groups in total. The molecule has 35 heavy (non-hydrogen) atoms. The van der Waals surface area contributed by atoms with E-state index in [-0.39, 0.29) is 5.91 Å². The predicted molar refractivity (Wildman–Crippen MR) is 126 cm³/mol. The number of aryl methyl sites for hydroxylation is 1. The zero-order valence-electron chi connectivity index (χ0n) is 18.6. The van der Waals surface area contributed by atoms with Crippen molar-refractivity contribution in [1.82, 2.24) is 24.8 Å². The fourth-order valence-electron chi connectivity index (χ4n) is 3.81. The quantitative estimate of drug-likeness (QED) is 0.349. The van der Waals surface area contributed by atoms with Crippen molar-refractivity contribution in [1.29, 1.82) is 0 Å². The summed E-state index contributed by atoms with van der Waals surface area (Å²) >= 11 is 0. The molecule has 2 heterocycles. The Morgan fingerprint density at radius 3 is 2.49 bits per heavy atom. The summed E-state index contributed by atoms with van der Waals surface area (Å²) in [5, 5.41) is 2.85. The van der Waals surface area contributed by atoms with Crippen molar-refractivity contribution in [3.05, 3.63) is 96.1 Å². The molecule has 0 aliphatic carbocycles. The van der Waals surface area contributed by atoms with E-state index in [4.69, 9.17) is 0 Å². The molecule has 5 rings (SSSR count). The number of benzene rings is 3. The maximum Gasteiger partial charge on any atom is 0.416 e. The third kappa shape index (κ3) is 4.65. The highest BCUT2D eigenvalue weighted by molar-refractivity contribution is 5.94. The van der Waals surface area contributed by atoms with Gasteiger partial charge in [0.2, 0.25) is 0 Å². The van der Waals surface area contributed by atoms with Crippen molar-refractivity contribution < 1.29 is 18.0 Å². The minimum atomic E-state index is -4.42. The standard InChI is InChI=1S/C26H20F3N5O/c1-34-12-11-30-23(34)15-31-25(35)17-7-5-16(6-8-17)18-3-2-4-19(13-18)24-32-21-10-9-20(26(27,28)29)14-22(21)33-24/h2-14H,15H2,1H3,(H,31,35)(H,32,33). The van der Waals surface area contributed by atoms with E-state index in [2.05, 4.69) is 20.3 Å². The Labute approximate surface area is 198 Å². The molecule has 0 spiro atoms. The number of rotatable bonds is 5. The van der Waals surface area contributed by atoms with Crippen molar-refractivity contribution in [3.8, 4) is 22.5 Å². The van der Waals surface area contributed by atoms with Gasteiger partial charge in [-0.2, -0.15) is 13.2 Å². The van der Waals surface area contributed by atoms with Crippen molar-refractivity contribution in [2.75, 3.05) is 0 Å². The zero-order valence-corrected chi connectivity index (χ0v) is 18.6. The van der Waals surface area contributed by atoms with Crippen LogP contribution in [0.15, 0.2) is 79.1 Å². The number of H-pyrrole nitrogens is 1. The first-order valence-electron chi connectivity index (χ1n) is 10.8. The second kappa shape index (κ2) is 8.75. The number of alkyl halides is 3. The van der Waals surface area contributed by atoms with Gasteiger partial charge >= 0.3 is 6.18 Å². The van der Waals surface area contributed by atoms with Gasteiger partial charge in [0.1, 0.15) is 11.6 Å². The Hall–Kier alpha value is -4.40. The first-order chi connectivity index (χ1) is 16.8.